The Balaban J connectivity index is 2.99. The second-order valence-electron chi connectivity index (χ2n) is 4.09. The van der Waals surface area contributed by atoms with Gasteiger partial charge in [0, 0.05) is 11.1 Å². The van der Waals surface area contributed by atoms with Gasteiger partial charge in [-0.25, -0.2) is 9.36 Å². The molecule has 1 heterocycles. The molecular formula is C13H13NO4. The van der Waals surface area contributed by atoms with E-state index < -0.39 is 6.09 Å². The SMILES string of the molecule is COc1cc(C)c2c(cc(C)n2C(=O)O)c1C=O. The zero-order valence-corrected chi connectivity index (χ0v) is 10.4. The normalized spacial score (nSPS) is 10.6. The van der Waals surface area contributed by atoms with Gasteiger partial charge in [0.05, 0.1) is 18.2 Å². The molecule has 5 heteroatoms. The van der Waals surface area contributed by atoms with Gasteiger partial charge >= 0.3 is 6.09 Å². The highest BCUT2D eigenvalue weighted by Gasteiger charge is 2.18. The second-order valence-corrected chi connectivity index (χ2v) is 4.09. The van der Waals surface area contributed by atoms with E-state index in [1.807, 2.05) is 0 Å². The van der Waals surface area contributed by atoms with Crippen molar-refractivity contribution in [1.29, 1.82) is 0 Å². The van der Waals surface area contributed by atoms with E-state index in [-0.39, 0.29) is 0 Å². The number of benzene rings is 1. The number of methoxy groups -OCH3 is 1. The smallest absolute Gasteiger partial charge is 0.416 e. The molecular weight excluding hydrogens is 234 g/mol. The van der Waals surface area contributed by atoms with E-state index in [1.54, 1.807) is 26.0 Å². The van der Waals surface area contributed by atoms with Gasteiger partial charge in [-0.3, -0.25) is 4.79 Å². The Morgan fingerprint density at radius 3 is 2.56 bits per heavy atom. The molecule has 0 atom stereocenters. The van der Waals surface area contributed by atoms with Crippen LogP contribution in [0.2, 0.25) is 0 Å². The summed E-state index contributed by atoms with van der Waals surface area (Å²) in [5.41, 5.74) is 2.23. The molecule has 2 rings (SSSR count). The topological polar surface area (TPSA) is 68.5 Å². The van der Waals surface area contributed by atoms with Crippen LogP contribution >= 0.6 is 0 Å². The molecule has 0 aliphatic rings. The van der Waals surface area contributed by atoms with Crippen LogP contribution in [-0.2, 0) is 0 Å². The molecule has 5 nitrogen and oxygen atoms in total. The molecule has 0 aliphatic carbocycles. The Labute approximate surface area is 104 Å². The highest BCUT2D eigenvalue weighted by Crippen LogP contribution is 2.32. The van der Waals surface area contributed by atoms with Crippen LogP contribution in [0.1, 0.15) is 21.6 Å². The lowest BCUT2D eigenvalue weighted by molar-refractivity contribution is 0.112. The number of aryl methyl sites for hydroxylation is 2. The lowest BCUT2D eigenvalue weighted by Gasteiger charge is -2.09. The summed E-state index contributed by atoms with van der Waals surface area (Å²) in [5.74, 6) is 0.456. The summed E-state index contributed by atoms with van der Waals surface area (Å²) in [4.78, 5) is 22.4. The number of hydrogen-bond acceptors (Lipinski definition) is 3. The first-order chi connectivity index (χ1) is 8.51. The van der Waals surface area contributed by atoms with Crippen molar-refractivity contribution in [2.45, 2.75) is 13.8 Å². The molecule has 0 aliphatic heterocycles. The van der Waals surface area contributed by atoms with Gasteiger partial charge < -0.3 is 9.84 Å². The van der Waals surface area contributed by atoms with Gasteiger partial charge in [-0.2, -0.15) is 0 Å². The lowest BCUT2D eigenvalue weighted by atomic mass is 10.1. The molecule has 0 radical (unpaired) electrons. The van der Waals surface area contributed by atoms with Crippen molar-refractivity contribution in [2.24, 2.45) is 0 Å². The highest BCUT2D eigenvalue weighted by molar-refractivity contribution is 6.04. The standard InChI is InChI=1S/C13H13NO4/c1-7-4-11(18-3)10(6-15)9-5-8(2)14(12(7)9)13(16)17/h4-6H,1-3H3,(H,16,17). The van der Waals surface area contributed by atoms with E-state index in [9.17, 15) is 14.7 Å². The molecule has 1 aromatic heterocycles. The monoisotopic (exact) mass is 247 g/mol. The predicted molar refractivity (Wildman–Crippen MR) is 66.8 cm³/mol. The van der Waals surface area contributed by atoms with Crippen LogP contribution in [0.3, 0.4) is 0 Å². The number of hydrogen-bond donors (Lipinski definition) is 1. The zero-order valence-electron chi connectivity index (χ0n) is 10.4. The first-order valence-corrected chi connectivity index (χ1v) is 5.39. The first-order valence-electron chi connectivity index (χ1n) is 5.39. The molecule has 0 saturated carbocycles. The van der Waals surface area contributed by atoms with E-state index >= 15 is 0 Å². The number of rotatable bonds is 2. The number of nitrogens with zero attached hydrogens (tertiary/aromatic N) is 1. The summed E-state index contributed by atoms with van der Waals surface area (Å²) in [6, 6.07) is 3.35. The number of aromatic nitrogens is 1. The number of carboxylic acid groups (broad SMARTS) is 1. The molecule has 0 unspecified atom stereocenters. The summed E-state index contributed by atoms with van der Waals surface area (Å²) in [7, 11) is 1.48. The van der Waals surface area contributed by atoms with E-state index in [0.717, 1.165) is 5.56 Å². The number of aldehydes is 1. The molecule has 1 N–H and O–H groups in total. The van der Waals surface area contributed by atoms with Gasteiger partial charge in [0.25, 0.3) is 0 Å². The minimum atomic E-state index is -1.06. The largest absolute Gasteiger partial charge is 0.496 e. The van der Waals surface area contributed by atoms with Crippen molar-refractivity contribution in [3.05, 3.63) is 29.0 Å². The molecule has 0 saturated heterocycles. The van der Waals surface area contributed by atoms with Gasteiger partial charge in [0.15, 0.2) is 6.29 Å². The van der Waals surface area contributed by atoms with Gasteiger partial charge in [-0.05, 0) is 31.5 Å². The van der Waals surface area contributed by atoms with Crippen molar-refractivity contribution in [1.82, 2.24) is 4.57 Å². The Hall–Kier alpha value is -2.30. The fourth-order valence-corrected chi connectivity index (χ4v) is 2.25. The summed E-state index contributed by atoms with van der Waals surface area (Å²) in [6.45, 7) is 3.48. The quantitative estimate of drug-likeness (QED) is 0.828. The Morgan fingerprint density at radius 1 is 1.39 bits per heavy atom. The van der Waals surface area contributed by atoms with Gasteiger partial charge in [0.2, 0.25) is 0 Å². The third-order valence-corrected chi connectivity index (χ3v) is 2.99. The lowest BCUT2D eigenvalue weighted by Crippen LogP contribution is -2.10. The van der Waals surface area contributed by atoms with Crippen molar-refractivity contribution in [3.63, 3.8) is 0 Å². The fourth-order valence-electron chi connectivity index (χ4n) is 2.25. The molecule has 0 bridgehead atoms. The van der Waals surface area contributed by atoms with Crippen LogP contribution in [0.4, 0.5) is 4.79 Å². The maximum absolute atomic E-state index is 11.2. The molecule has 18 heavy (non-hydrogen) atoms. The van der Waals surface area contributed by atoms with E-state index in [0.29, 0.717) is 34.2 Å². The minimum Gasteiger partial charge on any atom is -0.496 e. The van der Waals surface area contributed by atoms with Gasteiger partial charge in [0.1, 0.15) is 5.75 Å². The molecule has 2 aromatic rings. The van der Waals surface area contributed by atoms with Crippen molar-refractivity contribution >= 4 is 23.3 Å². The molecule has 94 valence electrons. The van der Waals surface area contributed by atoms with Crippen LogP contribution in [0.5, 0.6) is 5.75 Å². The second kappa shape index (κ2) is 4.18. The summed E-state index contributed by atoms with van der Waals surface area (Å²) < 4.78 is 6.32. The number of ether oxygens (including phenoxy) is 1. The van der Waals surface area contributed by atoms with E-state index in [2.05, 4.69) is 0 Å². The van der Waals surface area contributed by atoms with Crippen molar-refractivity contribution in [3.8, 4) is 5.75 Å². The van der Waals surface area contributed by atoms with Crippen LogP contribution in [0, 0.1) is 13.8 Å². The third-order valence-electron chi connectivity index (χ3n) is 2.99. The Kier molecular flexibility index (Phi) is 2.82. The van der Waals surface area contributed by atoms with Gasteiger partial charge in [-0.1, -0.05) is 0 Å². The van der Waals surface area contributed by atoms with Crippen LogP contribution in [-0.4, -0.2) is 29.2 Å². The Morgan fingerprint density at radius 2 is 2.06 bits per heavy atom. The Bertz CT molecular complexity index is 655. The summed E-state index contributed by atoms with van der Waals surface area (Å²) >= 11 is 0. The van der Waals surface area contributed by atoms with E-state index in [1.165, 1.54) is 11.7 Å². The number of carbonyl (C=O) groups is 2. The van der Waals surface area contributed by atoms with Crippen LogP contribution in [0.25, 0.3) is 10.9 Å². The average molecular weight is 247 g/mol. The van der Waals surface area contributed by atoms with E-state index in [4.69, 9.17) is 4.74 Å². The molecule has 0 amide bonds. The summed E-state index contributed by atoms with van der Waals surface area (Å²) in [5, 5.41) is 9.81. The molecule has 1 aromatic carbocycles. The fraction of sp³-hybridized carbons (Fsp3) is 0.231. The first kappa shape index (κ1) is 12.2. The maximum Gasteiger partial charge on any atom is 0.416 e. The van der Waals surface area contributed by atoms with Crippen LogP contribution in [0.15, 0.2) is 12.1 Å². The zero-order chi connectivity index (χ0) is 13.4. The predicted octanol–water partition coefficient (Wildman–Crippen LogP) is 2.61. The van der Waals surface area contributed by atoms with Gasteiger partial charge in [-0.15, -0.1) is 0 Å². The number of fused-ring (bicyclic) bond motifs is 1. The number of carbonyl (C=O) groups excluding carboxylic acids is 1. The minimum absolute atomic E-state index is 0.376. The average Bonchev–Trinajstić information content (AvgIpc) is 2.66. The maximum atomic E-state index is 11.2. The third kappa shape index (κ3) is 1.55. The van der Waals surface area contributed by atoms with Crippen LogP contribution < -0.4 is 4.74 Å². The molecule has 0 fully saturated rings. The summed E-state index contributed by atoms with van der Waals surface area (Å²) in [6.07, 6.45) is -0.376. The van der Waals surface area contributed by atoms with Crippen molar-refractivity contribution in [2.75, 3.05) is 7.11 Å². The highest BCUT2D eigenvalue weighted by atomic mass is 16.5. The van der Waals surface area contributed by atoms with Crippen molar-refractivity contribution < 1.29 is 19.4 Å². The molecule has 0 spiro atoms.